The number of aromatic nitrogens is 2. The third-order valence-electron chi connectivity index (χ3n) is 7.21. The van der Waals surface area contributed by atoms with E-state index in [9.17, 15) is 14.9 Å². The number of nitro benzene ring substituents is 1. The predicted octanol–water partition coefficient (Wildman–Crippen LogP) is 5.67. The van der Waals surface area contributed by atoms with Gasteiger partial charge in [-0.2, -0.15) is 0 Å². The van der Waals surface area contributed by atoms with Crippen LogP contribution in [-0.4, -0.2) is 62.8 Å². The summed E-state index contributed by atoms with van der Waals surface area (Å²) in [6, 6.07) is 18.7. The summed E-state index contributed by atoms with van der Waals surface area (Å²) in [4.78, 5) is 32.9. The van der Waals surface area contributed by atoms with Gasteiger partial charge in [0.25, 0.3) is 5.69 Å². The second-order valence-corrected chi connectivity index (χ2v) is 10.6. The standard InChI is InChI=1S/C31H35N5O4/c1-4-40-27-10-6-7-23(19-27)25-11-12-29-32-31(24-8-5-9-26(18-24)36(38)39)28(35(29)20-25)21-33-13-15-34(16-14-33)30(37)17-22(2)3/h5-12,18-20,22H,4,13-17,21H2,1-3H3. The van der Waals surface area contributed by atoms with Gasteiger partial charge in [-0.05, 0) is 48.2 Å². The Morgan fingerprint density at radius 3 is 2.48 bits per heavy atom. The highest BCUT2D eigenvalue weighted by molar-refractivity contribution is 5.76. The van der Waals surface area contributed by atoms with Crippen LogP contribution in [0, 0.1) is 16.0 Å². The Hall–Kier alpha value is -4.24. The summed E-state index contributed by atoms with van der Waals surface area (Å²) in [5.74, 6) is 1.36. The number of pyridine rings is 1. The number of fused-ring (bicyclic) bond motifs is 1. The molecule has 40 heavy (non-hydrogen) atoms. The van der Waals surface area contributed by atoms with Gasteiger partial charge < -0.3 is 14.0 Å². The van der Waals surface area contributed by atoms with Crippen LogP contribution in [0.25, 0.3) is 28.0 Å². The van der Waals surface area contributed by atoms with E-state index in [1.165, 1.54) is 6.07 Å². The Morgan fingerprint density at radius 2 is 1.75 bits per heavy atom. The van der Waals surface area contributed by atoms with Gasteiger partial charge in [0, 0.05) is 63.0 Å². The molecule has 3 heterocycles. The van der Waals surface area contributed by atoms with Crippen molar-refractivity contribution in [2.75, 3.05) is 32.8 Å². The van der Waals surface area contributed by atoms with Gasteiger partial charge >= 0.3 is 0 Å². The van der Waals surface area contributed by atoms with Gasteiger partial charge in [0.15, 0.2) is 0 Å². The van der Waals surface area contributed by atoms with Crippen molar-refractivity contribution in [3.8, 4) is 28.1 Å². The summed E-state index contributed by atoms with van der Waals surface area (Å²) in [7, 11) is 0. The number of carbonyl (C=O) groups is 1. The largest absolute Gasteiger partial charge is 0.494 e. The van der Waals surface area contributed by atoms with Gasteiger partial charge in [-0.15, -0.1) is 0 Å². The van der Waals surface area contributed by atoms with Crippen LogP contribution >= 0.6 is 0 Å². The van der Waals surface area contributed by atoms with Gasteiger partial charge in [0.2, 0.25) is 5.91 Å². The Bertz CT molecular complexity index is 1520. The Morgan fingerprint density at radius 1 is 1.00 bits per heavy atom. The monoisotopic (exact) mass is 541 g/mol. The van der Waals surface area contributed by atoms with Crippen molar-refractivity contribution >= 4 is 17.2 Å². The van der Waals surface area contributed by atoms with Crippen molar-refractivity contribution in [1.29, 1.82) is 0 Å². The number of carbonyl (C=O) groups excluding carboxylic acids is 1. The maximum absolute atomic E-state index is 12.6. The summed E-state index contributed by atoms with van der Waals surface area (Å²) in [5.41, 5.74) is 5.24. The van der Waals surface area contributed by atoms with E-state index in [4.69, 9.17) is 9.72 Å². The number of benzene rings is 2. The first kappa shape index (κ1) is 27.3. The molecule has 0 radical (unpaired) electrons. The molecule has 208 valence electrons. The first-order valence-electron chi connectivity index (χ1n) is 13.8. The molecule has 0 bridgehead atoms. The summed E-state index contributed by atoms with van der Waals surface area (Å²) >= 11 is 0. The number of amides is 1. The minimum Gasteiger partial charge on any atom is -0.494 e. The van der Waals surface area contributed by atoms with Crippen LogP contribution in [0.4, 0.5) is 5.69 Å². The van der Waals surface area contributed by atoms with Crippen LogP contribution in [0.2, 0.25) is 0 Å². The molecule has 1 amide bonds. The van der Waals surface area contributed by atoms with Gasteiger partial charge in [-0.25, -0.2) is 4.98 Å². The molecule has 0 spiro atoms. The summed E-state index contributed by atoms with van der Waals surface area (Å²) in [5, 5.41) is 11.5. The van der Waals surface area contributed by atoms with Crippen molar-refractivity contribution in [1.82, 2.24) is 19.2 Å². The number of imidazole rings is 1. The summed E-state index contributed by atoms with van der Waals surface area (Å²) < 4.78 is 7.80. The van der Waals surface area contributed by atoms with E-state index in [0.29, 0.717) is 44.1 Å². The first-order valence-corrected chi connectivity index (χ1v) is 13.8. The zero-order chi connectivity index (χ0) is 28.2. The molecule has 0 N–H and O–H groups in total. The fourth-order valence-electron chi connectivity index (χ4n) is 5.19. The molecule has 5 rings (SSSR count). The van der Waals surface area contributed by atoms with Crippen molar-refractivity contribution in [3.63, 3.8) is 0 Å². The second kappa shape index (κ2) is 11.9. The lowest BCUT2D eigenvalue weighted by atomic mass is 10.1. The number of hydrogen-bond acceptors (Lipinski definition) is 6. The van der Waals surface area contributed by atoms with Gasteiger partial charge in [-0.1, -0.05) is 38.1 Å². The molecule has 2 aromatic carbocycles. The topological polar surface area (TPSA) is 93.2 Å². The highest BCUT2D eigenvalue weighted by atomic mass is 16.6. The second-order valence-electron chi connectivity index (χ2n) is 10.6. The molecule has 9 heteroatoms. The first-order chi connectivity index (χ1) is 19.3. The predicted molar refractivity (Wildman–Crippen MR) is 155 cm³/mol. The molecule has 9 nitrogen and oxygen atoms in total. The van der Waals surface area contributed by atoms with E-state index < -0.39 is 0 Å². The highest BCUT2D eigenvalue weighted by Crippen LogP contribution is 2.31. The van der Waals surface area contributed by atoms with Crippen LogP contribution < -0.4 is 4.74 Å². The number of ether oxygens (including phenoxy) is 1. The Balaban J connectivity index is 1.51. The maximum Gasteiger partial charge on any atom is 0.270 e. The molecule has 0 aliphatic carbocycles. The van der Waals surface area contributed by atoms with E-state index >= 15 is 0 Å². The van der Waals surface area contributed by atoms with E-state index in [-0.39, 0.29) is 16.5 Å². The number of piperazine rings is 1. The average molecular weight is 542 g/mol. The van der Waals surface area contributed by atoms with E-state index in [0.717, 1.165) is 47.0 Å². The van der Waals surface area contributed by atoms with Gasteiger partial charge in [-0.3, -0.25) is 19.8 Å². The number of rotatable bonds is 9. The molecule has 2 aromatic heterocycles. The summed E-state index contributed by atoms with van der Waals surface area (Å²) in [6.07, 6.45) is 2.64. The number of nitro groups is 1. The zero-order valence-corrected chi connectivity index (χ0v) is 23.2. The third kappa shape index (κ3) is 5.99. The molecule has 0 unspecified atom stereocenters. The Kier molecular flexibility index (Phi) is 8.11. The van der Waals surface area contributed by atoms with Crippen LogP contribution in [0.3, 0.4) is 0 Å². The lowest BCUT2D eigenvalue weighted by Gasteiger charge is -2.35. The van der Waals surface area contributed by atoms with Crippen molar-refractivity contribution in [3.05, 3.63) is 82.7 Å². The molecule has 1 saturated heterocycles. The van der Waals surface area contributed by atoms with Crippen molar-refractivity contribution in [2.45, 2.75) is 33.7 Å². The van der Waals surface area contributed by atoms with Crippen LogP contribution in [0.1, 0.15) is 32.9 Å². The van der Waals surface area contributed by atoms with Crippen LogP contribution in [0.5, 0.6) is 5.75 Å². The van der Waals surface area contributed by atoms with Crippen molar-refractivity contribution in [2.24, 2.45) is 5.92 Å². The van der Waals surface area contributed by atoms with Gasteiger partial charge in [0.05, 0.1) is 22.9 Å². The Labute approximate surface area is 234 Å². The van der Waals surface area contributed by atoms with Gasteiger partial charge in [0.1, 0.15) is 11.4 Å². The minimum absolute atomic E-state index is 0.0335. The summed E-state index contributed by atoms with van der Waals surface area (Å²) in [6.45, 7) is 10.2. The zero-order valence-electron chi connectivity index (χ0n) is 23.2. The molecule has 0 saturated carbocycles. The minimum atomic E-state index is -0.379. The van der Waals surface area contributed by atoms with E-state index in [1.807, 2.05) is 48.2 Å². The maximum atomic E-state index is 12.6. The molecule has 0 atom stereocenters. The number of hydrogen-bond donors (Lipinski definition) is 0. The lowest BCUT2D eigenvalue weighted by Crippen LogP contribution is -2.48. The molecule has 1 fully saturated rings. The number of nitrogens with zero attached hydrogens (tertiary/aromatic N) is 5. The molecule has 1 aliphatic heterocycles. The van der Waals surface area contributed by atoms with Crippen LogP contribution in [-0.2, 0) is 11.3 Å². The molecule has 4 aromatic rings. The average Bonchev–Trinajstić information content (AvgIpc) is 3.31. The third-order valence-corrected chi connectivity index (χ3v) is 7.21. The number of non-ortho nitro benzene ring substituents is 1. The molecule has 1 aliphatic rings. The smallest absolute Gasteiger partial charge is 0.270 e. The lowest BCUT2D eigenvalue weighted by molar-refractivity contribution is -0.384. The van der Waals surface area contributed by atoms with Crippen LogP contribution in [0.15, 0.2) is 66.9 Å². The van der Waals surface area contributed by atoms with E-state index in [2.05, 4.69) is 35.4 Å². The fraction of sp³-hybridized carbons (Fsp3) is 0.355. The highest BCUT2D eigenvalue weighted by Gasteiger charge is 2.24. The quantitative estimate of drug-likeness (QED) is 0.200. The molecular formula is C31H35N5O4. The normalized spacial score (nSPS) is 14.2. The molecular weight excluding hydrogens is 506 g/mol. The SMILES string of the molecule is CCOc1cccc(-c2ccc3nc(-c4cccc([N+](=O)[O-])c4)c(CN4CCN(C(=O)CC(C)C)CC4)n3c2)c1. The fourth-order valence-corrected chi connectivity index (χ4v) is 5.19. The van der Waals surface area contributed by atoms with Crippen molar-refractivity contribution < 1.29 is 14.5 Å². The van der Waals surface area contributed by atoms with E-state index in [1.54, 1.807) is 12.1 Å².